The van der Waals surface area contributed by atoms with Crippen LogP contribution in [0.4, 0.5) is 4.39 Å². The van der Waals surface area contributed by atoms with Crippen molar-refractivity contribution in [2.45, 2.75) is 43.6 Å². The summed E-state index contributed by atoms with van der Waals surface area (Å²) in [5.74, 6) is 0.0435. The van der Waals surface area contributed by atoms with Crippen LogP contribution in [0.1, 0.15) is 37.7 Å². The van der Waals surface area contributed by atoms with E-state index in [1.165, 1.54) is 12.1 Å². The zero-order valence-electron chi connectivity index (χ0n) is 13.8. The molecular formula is C18H26ClFN2O2. The predicted molar refractivity (Wildman–Crippen MR) is 93.7 cm³/mol. The molecule has 1 aromatic carbocycles. The maximum absolute atomic E-state index is 13.7. The second-order valence-electron chi connectivity index (χ2n) is 6.71. The van der Waals surface area contributed by atoms with Crippen LogP contribution in [0.5, 0.6) is 0 Å². The van der Waals surface area contributed by atoms with E-state index >= 15 is 0 Å². The molecular weight excluding hydrogens is 331 g/mol. The summed E-state index contributed by atoms with van der Waals surface area (Å²) in [5.41, 5.74) is 5.88. The molecule has 1 aromatic rings. The Morgan fingerprint density at radius 1 is 1.33 bits per heavy atom. The number of amides is 1. The Labute approximate surface area is 148 Å². The Kier molecular flexibility index (Phi) is 6.61. The van der Waals surface area contributed by atoms with Gasteiger partial charge in [-0.1, -0.05) is 18.6 Å². The number of hydrogen-bond acceptors (Lipinski definition) is 3. The summed E-state index contributed by atoms with van der Waals surface area (Å²) in [6.45, 7) is 1.64. The van der Waals surface area contributed by atoms with Gasteiger partial charge in [0.15, 0.2) is 0 Å². The largest absolute Gasteiger partial charge is 0.381 e. The highest BCUT2D eigenvalue weighted by Gasteiger charge is 2.43. The van der Waals surface area contributed by atoms with Crippen LogP contribution in [-0.2, 0) is 14.9 Å². The molecule has 6 heteroatoms. The van der Waals surface area contributed by atoms with Gasteiger partial charge in [0.1, 0.15) is 5.82 Å². The van der Waals surface area contributed by atoms with E-state index in [0.717, 1.165) is 24.8 Å². The first kappa shape index (κ1) is 19.2. The summed E-state index contributed by atoms with van der Waals surface area (Å²) in [6, 6.07) is 6.56. The van der Waals surface area contributed by atoms with Crippen molar-refractivity contribution in [3.8, 4) is 0 Å². The van der Waals surface area contributed by atoms with Crippen LogP contribution < -0.4 is 11.1 Å². The first-order valence-electron chi connectivity index (χ1n) is 8.50. The summed E-state index contributed by atoms with van der Waals surface area (Å²) in [4.78, 5) is 13.1. The minimum Gasteiger partial charge on any atom is -0.381 e. The molecule has 2 aliphatic rings. The van der Waals surface area contributed by atoms with Gasteiger partial charge in [-0.05, 0) is 55.8 Å². The number of benzene rings is 1. The molecule has 1 aliphatic heterocycles. The first-order chi connectivity index (χ1) is 11.2. The zero-order chi connectivity index (χ0) is 16.3. The Bertz CT molecular complexity index is 564. The standard InChI is InChI=1S/C18H25FN2O2.ClH/c19-15-5-2-4-14(11-15)18(7-9-23-10-8-18)17(22)21-16-6-1-3-13(16)12-20;/h2,4-5,11,13,16H,1,3,6-10,12,20H2,(H,21,22);1H. The smallest absolute Gasteiger partial charge is 0.231 e. The number of nitrogens with two attached hydrogens (primary N) is 1. The van der Waals surface area contributed by atoms with E-state index in [2.05, 4.69) is 5.32 Å². The number of hydrogen-bond donors (Lipinski definition) is 2. The van der Waals surface area contributed by atoms with Crippen LogP contribution in [0.25, 0.3) is 0 Å². The Balaban J connectivity index is 0.00000208. The minimum atomic E-state index is -0.692. The van der Waals surface area contributed by atoms with Crippen molar-refractivity contribution in [3.05, 3.63) is 35.6 Å². The maximum atomic E-state index is 13.7. The third-order valence-electron chi connectivity index (χ3n) is 5.44. The number of carbonyl (C=O) groups excluding carboxylic acids is 1. The highest BCUT2D eigenvalue weighted by atomic mass is 35.5. The molecule has 0 bridgehead atoms. The van der Waals surface area contributed by atoms with Gasteiger partial charge in [0.25, 0.3) is 0 Å². The van der Waals surface area contributed by atoms with Crippen molar-refractivity contribution in [1.29, 1.82) is 0 Å². The molecule has 1 saturated heterocycles. The average molecular weight is 357 g/mol. The van der Waals surface area contributed by atoms with Gasteiger partial charge in [-0.15, -0.1) is 12.4 Å². The van der Waals surface area contributed by atoms with Crippen LogP contribution >= 0.6 is 12.4 Å². The number of rotatable bonds is 4. The average Bonchev–Trinajstić information content (AvgIpc) is 3.02. The number of nitrogens with one attached hydrogen (secondary N) is 1. The van der Waals surface area contributed by atoms with Crippen molar-refractivity contribution >= 4 is 18.3 Å². The van der Waals surface area contributed by atoms with Gasteiger partial charge >= 0.3 is 0 Å². The van der Waals surface area contributed by atoms with Gasteiger partial charge in [0.2, 0.25) is 5.91 Å². The second kappa shape index (κ2) is 8.28. The molecule has 1 amide bonds. The van der Waals surface area contributed by atoms with Gasteiger partial charge in [0, 0.05) is 19.3 Å². The summed E-state index contributed by atoms with van der Waals surface area (Å²) >= 11 is 0. The van der Waals surface area contributed by atoms with Crippen LogP contribution in [0.3, 0.4) is 0 Å². The van der Waals surface area contributed by atoms with Gasteiger partial charge < -0.3 is 15.8 Å². The Hall–Kier alpha value is -1.17. The predicted octanol–water partition coefficient (Wildman–Crippen LogP) is 2.54. The number of halogens is 2. The van der Waals surface area contributed by atoms with Crippen LogP contribution in [-0.4, -0.2) is 31.7 Å². The lowest BCUT2D eigenvalue weighted by Gasteiger charge is -2.37. The molecule has 4 nitrogen and oxygen atoms in total. The van der Waals surface area contributed by atoms with E-state index in [9.17, 15) is 9.18 Å². The van der Waals surface area contributed by atoms with E-state index in [1.54, 1.807) is 6.07 Å². The highest BCUT2D eigenvalue weighted by molar-refractivity contribution is 5.88. The molecule has 1 heterocycles. The molecule has 2 atom stereocenters. The Morgan fingerprint density at radius 3 is 2.75 bits per heavy atom. The molecule has 24 heavy (non-hydrogen) atoms. The van der Waals surface area contributed by atoms with Gasteiger partial charge in [-0.2, -0.15) is 0 Å². The van der Waals surface area contributed by atoms with Gasteiger partial charge in [0.05, 0.1) is 5.41 Å². The first-order valence-corrected chi connectivity index (χ1v) is 8.50. The summed E-state index contributed by atoms with van der Waals surface area (Å²) in [6.07, 6.45) is 4.31. The molecule has 1 aliphatic carbocycles. The fraction of sp³-hybridized carbons (Fsp3) is 0.611. The van der Waals surface area contributed by atoms with Crippen molar-refractivity contribution in [2.75, 3.05) is 19.8 Å². The molecule has 0 aromatic heterocycles. The van der Waals surface area contributed by atoms with Crippen LogP contribution in [0.15, 0.2) is 24.3 Å². The van der Waals surface area contributed by atoms with Crippen molar-refractivity contribution in [2.24, 2.45) is 11.7 Å². The molecule has 2 fully saturated rings. The topological polar surface area (TPSA) is 64.3 Å². The molecule has 3 N–H and O–H groups in total. The lowest BCUT2D eigenvalue weighted by molar-refractivity contribution is -0.131. The normalized spacial score (nSPS) is 25.8. The highest BCUT2D eigenvalue weighted by Crippen LogP contribution is 2.36. The van der Waals surface area contributed by atoms with Crippen molar-refractivity contribution < 1.29 is 13.9 Å². The summed E-state index contributed by atoms with van der Waals surface area (Å²) in [5, 5.41) is 3.21. The fourth-order valence-electron chi connectivity index (χ4n) is 3.97. The number of ether oxygens (including phenoxy) is 1. The quantitative estimate of drug-likeness (QED) is 0.871. The summed E-state index contributed by atoms with van der Waals surface area (Å²) in [7, 11) is 0. The molecule has 2 unspecified atom stereocenters. The molecule has 134 valence electrons. The Morgan fingerprint density at radius 2 is 2.08 bits per heavy atom. The van der Waals surface area contributed by atoms with E-state index < -0.39 is 5.41 Å². The molecule has 0 radical (unpaired) electrons. The minimum absolute atomic E-state index is 0. The third kappa shape index (κ3) is 3.73. The van der Waals surface area contributed by atoms with Gasteiger partial charge in [-0.3, -0.25) is 4.79 Å². The molecule has 3 rings (SSSR count). The lowest BCUT2D eigenvalue weighted by atomic mass is 9.73. The monoisotopic (exact) mass is 356 g/mol. The fourth-order valence-corrected chi connectivity index (χ4v) is 3.97. The van der Waals surface area contributed by atoms with Crippen molar-refractivity contribution in [3.63, 3.8) is 0 Å². The SMILES string of the molecule is Cl.NCC1CCCC1NC(=O)C1(c2cccc(F)c2)CCOCC1. The van der Waals surface area contributed by atoms with E-state index in [4.69, 9.17) is 10.5 Å². The zero-order valence-corrected chi connectivity index (χ0v) is 14.6. The maximum Gasteiger partial charge on any atom is 0.231 e. The van der Waals surface area contributed by atoms with Gasteiger partial charge in [-0.25, -0.2) is 4.39 Å². The second-order valence-corrected chi connectivity index (χ2v) is 6.71. The van der Waals surface area contributed by atoms with Crippen LogP contribution in [0, 0.1) is 11.7 Å². The van der Waals surface area contributed by atoms with E-state index in [-0.39, 0.29) is 30.2 Å². The van der Waals surface area contributed by atoms with E-state index in [1.807, 2.05) is 6.07 Å². The third-order valence-corrected chi connectivity index (χ3v) is 5.44. The van der Waals surface area contributed by atoms with E-state index in [0.29, 0.717) is 38.5 Å². The molecule has 0 spiro atoms. The van der Waals surface area contributed by atoms with Crippen molar-refractivity contribution in [1.82, 2.24) is 5.32 Å². The number of carbonyl (C=O) groups is 1. The molecule has 1 saturated carbocycles. The lowest BCUT2D eigenvalue weighted by Crippen LogP contribution is -2.52. The van der Waals surface area contributed by atoms with Crippen LogP contribution in [0.2, 0.25) is 0 Å². The summed E-state index contributed by atoms with van der Waals surface area (Å²) < 4.78 is 19.1.